The monoisotopic (exact) mass is 554 g/mol. The number of fused-ring (bicyclic) bond motifs is 1. The summed E-state index contributed by atoms with van der Waals surface area (Å²) in [6, 6.07) is 1.23. The van der Waals surface area contributed by atoms with E-state index in [1.165, 1.54) is 6.07 Å². The van der Waals surface area contributed by atoms with E-state index in [2.05, 4.69) is 23.1 Å². The third-order valence-corrected chi connectivity index (χ3v) is 8.28. The summed E-state index contributed by atoms with van der Waals surface area (Å²) >= 11 is 0. The molecule has 0 spiro atoms. The zero-order valence-electron chi connectivity index (χ0n) is 16.4. The summed E-state index contributed by atoms with van der Waals surface area (Å²) in [4.78, 5) is 53.8. The van der Waals surface area contributed by atoms with Crippen molar-refractivity contribution >= 4 is 40.4 Å². The number of aromatic nitrogens is 3. The lowest BCUT2D eigenvalue weighted by molar-refractivity contribution is -0.118. The molecule has 3 rings (SSSR count). The fraction of sp³-hybridized carbons (Fsp3) is 0.500. The Kier molecular flexibility index (Phi) is 7.27. The van der Waals surface area contributed by atoms with Gasteiger partial charge in [0.2, 0.25) is 5.95 Å². The van der Waals surface area contributed by atoms with Crippen LogP contribution in [-0.4, -0.2) is 75.4 Å². The highest BCUT2D eigenvalue weighted by atomic mass is 31.3. The second-order valence-electron chi connectivity index (χ2n) is 6.89. The Morgan fingerprint density at radius 3 is 2.47 bits per heavy atom. The Hall–Kier alpha value is -1.56. The minimum absolute atomic E-state index is 0.0368. The van der Waals surface area contributed by atoms with Crippen LogP contribution >= 0.6 is 23.5 Å². The number of hydrogen-bond donors (Lipinski definition) is 8. The zero-order valence-corrected chi connectivity index (χ0v) is 19.1. The number of halogens is 1. The van der Waals surface area contributed by atoms with Crippen LogP contribution in [0.25, 0.3) is 11.0 Å². The van der Waals surface area contributed by atoms with Gasteiger partial charge >= 0.3 is 23.5 Å². The predicted molar refractivity (Wildman–Crippen MR) is 105 cm³/mol. The van der Waals surface area contributed by atoms with Gasteiger partial charge in [0.1, 0.15) is 18.9 Å². The highest BCUT2D eigenvalue weighted by Gasteiger charge is 2.57. The van der Waals surface area contributed by atoms with Crippen molar-refractivity contribution < 1.29 is 65.8 Å². The number of aliphatic hydroxyl groups is 2. The molecule has 22 heteroatoms. The summed E-state index contributed by atoms with van der Waals surface area (Å²) in [6.45, 7) is -2.79. The molecule has 192 valence electrons. The summed E-state index contributed by atoms with van der Waals surface area (Å²) in [5.41, 5.74) is 1.95. The molecule has 3 unspecified atom stereocenters. The van der Waals surface area contributed by atoms with E-state index in [1.807, 2.05) is 0 Å². The number of hydrogen-bond acceptors (Lipinski definition) is 12. The van der Waals surface area contributed by atoms with Gasteiger partial charge in [0.15, 0.2) is 17.5 Å². The topological polar surface area (TPSA) is 286 Å². The third-order valence-electron chi connectivity index (χ3n) is 4.48. The molecule has 2 aromatic heterocycles. The average molecular weight is 554 g/mol. The molecule has 0 bridgehead atoms. The van der Waals surface area contributed by atoms with E-state index in [1.54, 1.807) is 0 Å². The molecule has 1 saturated heterocycles. The molecule has 0 radical (unpaired) electrons. The summed E-state index contributed by atoms with van der Waals surface area (Å²) < 4.78 is 65.5. The molecule has 3 heterocycles. The first kappa shape index (κ1) is 27.0. The molecule has 0 saturated carbocycles. The van der Waals surface area contributed by atoms with Gasteiger partial charge in [0.25, 0.3) is 5.56 Å². The molecule has 2 aromatic rings. The molecule has 34 heavy (non-hydrogen) atoms. The van der Waals surface area contributed by atoms with Gasteiger partial charge in [-0.25, -0.2) is 18.1 Å². The minimum Gasteiger partial charge on any atom is -0.387 e. The van der Waals surface area contributed by atoms with E-state index in [-0.39, 0.29) is 17.0 Å². The van der Waals surface area contributed by atoms with Crippen molar-refractivity contribution in [1.82, 2.24) is 14.5 Å². The highest BCUT2D eigenvalue weighted by Crippen LogP contribution is 2.66. The molecule has 1 aliphatic heterocycles. The van der Waals surface area contributed by atoms with E-state index in [0.717, 1.165) is 10.8 Å². The van der Waals surface area contributed by atoms with Crippen LogP contribution in [0.2, 0.25) is 0 Å². The zero-order chi connectivity index (χ0) is 25.7. The number of nitrogens with zero attached hydrogens (tertiary/aromatic N) is 2. The maximum absolute atomic E-state index is 13.8. The minimum atomic E-state index is -5.80. The van der Waals surface area contributed by atoms with Crippen LogP contribution in [0.1, 0.15) is 6.23 Å². The maximum Gasteiger partial charge on any atom is 0.490 e. The molecule has 9 N–H and O–H groups in total. The maximum atomic E-state index is 13.8. The number of H-pyrrole nitrogens is 1. The van der Waals surface area contributed by atoms with Crippen LogP contribution in [0.5, 0.6) is 0 Å². The number of nitrogens with one attached hydrogen (secondary N) is 1. The van der Waals surface area contributed by atoms with Crippen molar-refractivity contribution in [2.24, 2.45) is 0 Å². The van der Waals surface area contributed by atoms with E-state index >= 15 is 0 Å². The van der Waals surface area contributed by atoms with Gasteiger partial charge in [-0.3, -0.25) is 14.3 Å². The summed E-state index contributed by atoms with van der Waals surface area (Å²) in [6.07, 6.45) is -4.51. The van der Waals surface area contributed by atoms with E-state index in [4.69, 9.17) is 25.2 Å². The van der Waals surface area contributed by atoms with Crippen molar-refractivity contribution in [3.63, 3.8) is 0 Å². The second kappa shape index (κ2) is 9.15. The van der Waals surface area contributed by atoms with Gasteiger partial charge in [0, 0.05) is 6.20 Å². The average Bonchev–Trinajstić information content (AvgIpc) is 3.17. The number of alkyl halides is 1. The van der Waals surface area contributed by atoms with Crippen LogP contribution < -0.4 is 11.3 Å². The smallest absolute Gasteiger partial charge is 0.387 e. The van der Waals surface area contributed by atoms with Crippen LogP contribution in [0.4, 0.5) is 10.3 Å². The normalized spacial score (nSPS) is 29.2. The first-order valence-corrected chi connectivity index (χ1v) is 13.3. The Morgan fingerprint density at radius 2 is 1.88 bits per heavy atom. The van der Waals surface area contributed by atoms with Gasteiger partial charge < -0.3 is 44.8 Å². The van der Waals surface area contributed by atoms with Gasteiger partial charge in [0.05, 0.1) is 12.0 Å². The lowest BCUT2D eigenvalue weighted by Gasteiger charge is -2.29. The largest absolute Gasteiger partial charge is 0.490 e. The van der Waals surface area contributed by atoms with Crippen molar-refractivity contribution in [2.75, 3.05) is 19.0 Å². The van der Waals surface area contributed by atoms with Crippen LogP contribution in [-0.2, 0) is 31.6 Å². The second-order valence-corrected chi connectivity index (χ2v) is 11.3. The van der Waals surface area contributed by atoms with Gasteiger partial charge in [-0.05, 0) is 6.07 Å². The Balaban J connectivity index is 1.82. The molecule has 18 nitrogen and oxygen atoms in total. The fourth-order valence-corrected chi connectivity index (χ4v) is 6.16. The molecule has 1 aliphatic rings. The lowest BCUT2D eigenvalue weighted by Crippen LogP contribution is -2.49. The standard InChI is InChI=1S/C12H18FN4O14P3/c13-4-12(20)7(18)6(3-28-33(24,25)31-34(26,27)30-32(21,22)23)29-10(12)17-2-1-5-8(17)15-11(14)16-9(5)19/h1-2,6-7,10,18,20H,3-4H2,(H,24,25)(H,26,27)(H2,21,22,23)(H3,14,15,16,19)/t6-,7?,10-,12-/m1/s1. The lowest BCUT2D eigenvalue weighted by atomic mass is 9.95. The van der Waals surface area contributed by atoms with Crippen LogP contribution in [0.3, 0.4) is 0 Å². The summed E-state index contributed by atoms with van der Waals surface area (Å²) in [5.74, 6) is -0.330. The SMILES string of the molecule is Nc1nc2c(ccn2[C@@H]2O[C@H](COP(=O)(O)OP(=O)(O)OP(=O)(O)O)C(O)[C@]2(O)CF)c(=O)[nH]1. The van der Waals surface area contributed by atoms with Gasteiger partial charge in [-0.1, -0.05) is 0 Å². The van der Waals surface area contributed by atoms with E-state index in [0.29, 0.717) is 0 Å². The van der Waals surface area contributed by atoms with Crippen molar-refractivity contribution in [2.45, 2.75) is 24.0 Å². The van der Waals surface area contributed by atoms with Gasteiger partial charge in [-0.2, -0.15) is 13.6 Å². The summed E-state index contributed by atoms with van der Waals surface area (Å²) in [5, 5.41) is 21.0. The van der Waals surface area contributed by atoms with Crippen LogP contribution in [0, 0.1) is 0 Å². The number of aliphatic hydroxyl groups excluding tert-OH is 1. The molecule has 6 atom stereocenters. The Morgan fingerprint density at radius 1 is 1.24 bits per heavy atom. The van der Waals surface area contributed by atoms with E-state index < -0.39 is 66.3 Å². The predicted octanol–water partition coefficient (Wildman–Crippen LogP) is -1.39. The molecule has 0 amide bonds. The van der Waals surface area contributed by atoms with Crippen LogP contribution in [0.15, 0.2) is 17.1 Å². The highest BCUT2D eigenvalue weighted by molar-refractivity contribution is 7.66. The third kappa shape index (κ3) is 5.63. The number of nitrogens with two attached hydrogens (primary N) is 1. The number of phosphoric acid groups is 3. The number of aromatic amines is 1. The van der Waals surface area contributed by atoms with E-state index in [9.17, 15) is 38.0 Å². The first-order chi connectivity index (χ1) is 15.5. The molecule has 1 fully saturated rings. The number of nitrogen functional groups attached to an aromatic ring is 1. The number of ether oxygens (including phenoxy) is 1. The molecular weight excluding hydrogens is 536 g/mol. The Labute approximate surface area is 187 Å². The molecular formula is C12H18FN4O14P3. The summed E-state index contributed by atoms with van der Waals surface area (Å²) in [7, 11) is -17.0. The van der Waals surface area contributed by atoms with Crippen molar-refractivity contribution in [3.05, 3.63) is 22.6 Å². The van der Waals surface area contributed by atoms with Crippen molar-refractivity contribution in [1.29, 1.82) is 0 Å². The number of anilines is 1. The van der Waals surface area contributed by atoms with Crippen molar-refractivity contribution in [3.8, 4) is 0 Å². The quantitative estimate of drug-likeness (QED) is 0.166. The Bertz CT molecular complexity index is 1280. The van der Waals surface area contributed by atoms with Gasteiger partial charge in [-0.15, -0.1) is 0 Å². The fourth-order valence-electron chi connectivity index (χ4n) is 3.13. The first-order valence-electron chi connectivity index (χ1n) is 8.74. The number of phosphoric ester groups is 1. The number of rotatable bonds is 9. The molecule has 0 aliphatic carbocycles. The molecule has 0 aromatic carbocycles.